The summed E-state index contributed by atoms with van der Waals surface area (Å²) in [5.41, 5.74) is 2.72. The van der Waals surface area contributed by atoms with Gasteiger partial charge in [-0.05, 0) is 36.8 Å². The molecule has 1 aromatic heterocycles. The molecule has 0 saturated heterocycles. The lowest BCUT2D eigenvalue weighted by Crippen LogP contribution is -1.97. The number of benzene rings is 1. The van der Waals surface area contributed by atoms with Gasteiger partial charge >= 0.3 is 5.97 Å². The molecule has 1 heterocycles. The fourth-order valence-corrected chi connectivity index (χ4v) is 1.85. The Morgan fingerprint density at radius 3 is 2.71 bits per heavy atom. The number of halogens is 1. The Balaban J connectivity index is 2.53. The molecule has 0 amide bonds. The van der Waals surface area contributed by atoms with Crippen LogP contribution in [0.4, 0.5) is 0 Å². The molecular formula is C13H10ClNO2. The minimum atomic E-state index is -0.958. The van der Waals surface area contributed by atoms with Crippen LogP contribution in [0.2, 0.25) is 5.02 Å². The Morgan fingerprint density at radius 1 is 1.29 bits per heavy atom. The first-order valence-corrected chi connectivity index (χ1v) is 5.41. The maximum absolute atomic E-state index is 10.9. The van der Waals surface area contributed by atoms with Gasteiger partial charge in [-0.15, -0.1) is 0 Å². The van der Waals surface area contributed by atoms with Gasteiger partial charge in [0.05, 0.1) is 11.3 Å². The highest BCUT2D eigenvalue weighted by molar-refractivity contribution is 6.30. The monoisotopic (exact) mass is 247 g/mol. The summed E-state index contributed by atoms with van der Waals surface area (Å²) in [6, 6.07) is 8.45. The Kier molecular flexibility index (Phi) is 3.11. The number of aromatic nitrogens is 1. The summed E-state index contributed by atoms with van der Waals surface area (Å²) >= 11 is 5.87. The molecule has 0 spiro atoms. The van der Waals surface area contributed by atoms with E-state index < -0.39 is 5.97 Å². The predicted octanol–water partition coefficient (Wildman–Crippen LogP) is 3.41. The Bertz CT molecular complexity index is 581. The van der Waals surface area contributed by atoms with Gasteiger partial charge in [-0.25, -0.2) is 4.79 Å². The van der Waals surface area contributed by atoms with Gasteiger partial charge in [-0.2, -0.15) is 0 Å². The summed E-state index contributed by atoms with van der Waals surface area (Å²) in [6.45, 7) is 1.91. The van der Waals surface area contributed by atoms with Crippen LogP contribution in [-0.4, -0.2) is 16.1 Å². The van der Waals surface area contributed by atoms with Crippen LogP contribution in [-0.2, 0) is 0 Å². The fraction of sp³-hybridized carbons (Fsp3) is 0.0769. The van der Waals surface area contributed by atoms with E-state index in [9.17, 15) is 4.79 Å². The molecular weight excluding hydrogens is 238 g/mol. The predicted molar refractivity (Wildman–Crippen MR) is 66.4 cm³/mol. The van der Waals surface area contributed by atoms with Gasteiger partial charge in [0.1, 0.15) is 0 Å². The van der Waals surface area contributed by atoms with Crippen molar-refractivity contribution in [1.29, 1.82) is 0 Å². The van der Waals surface area contributed by atoms with Gasteiger partial charge in [-0.3, -0.25) is 4.98 Å². The molecule has 2 rings (SSSR count). The third-order valence-corrected chi connectivity index (χ3v) is 2.71. The van der Waals surface area contributed by atoms with E-state index in [-0.39, 0.29) is 5.56 Å². The maximum Gasteiger partial charge on any atom is 0.335 e. The largest absolute Gasteiger partial charge is 0.478 e. The number of hydrogen-bond donors (Lipinski definition) is 1. The summed E-state index contributed by atoms with van der Waals surface area (Å²) in [5, 5.41) is 9.57. The van der Waals surface area contributed by atoms with Crippen molar-refractivity contribution in [2.45, 2.75) is 6.92 Å². The van der Waals surface area contributed by atoms with E-state index in [2.05, 4.69) is 4.98 Å². The highest BCUT2D eigenvalue weighted by Crippen LogP contribution is 2.24. The number of carboxylic acids is 1. The van der Waals surface area contributed by atoms with Crippen LogP contribution in [0.25, 0.3) is 11.3 Å². The van der Waals surface area contributed by atoms with E-state index in [0.717, 1.165) is 11.1 Å². The maximum atomic E-state index is 10.9. The third-order valence-electron chi connectivity index (χ3n) is 2.47. The van der Waals surface area contributed by atoms with Gasteiger partial charge < -0.3 is 5.11 Å². The highest BCUT2D eigenvalue weighted by atomic mass is 35.5. The van der Waals surface area contributed by atoms with Crippen LogP contribution in [0.5, 0.6) is 0 Å². The second-order valence-electron chi connectivity index (χ2n) is 3.69. The molecule has 0 aliphatic heterocycles. The lowest BCUT2D eigenvalue weighted by molar-refractivity contribution is 0.0697. The smallest absolute Gasteiger partial charge is 0.335 e. The molecule has 3 nitrogen and oxygen atoms in total. The van der Waals surface area contributed by atoms with Crippen LogP contribution in [0.3, 0.4) is 0 Å². The molecule has 0 unspecified atom stereocenters. The molecule has 1 aromatic carbocycles. The quantitative estimate of drug-likeness (QED) is 0.885. The number of aryl methyl sites for hydroxylation is 1. The summed E-state index contributed by atoms with van der Waals surface area (Å²) in [7, 11) is 0. The minimum Gasteiger partial charge on any atom is -0.478 e. The number of carbonyl (C=O) groups is 1. The van der Waals surface area contributed by atoms with E-state index in [1.165, 1.54) is 12.3 Å². The fourth-order valence-electron chi connectivity index (χ4n) is 1.63. The van der Waals surface area contributed by atoms with Crippen molar-refractivity contribution in [3.05, 3.63) is 52.7 Å². The molecule has 0 bridgehead atoms. The van der Waals surface area contributed by atoms with Crippen LogP contribution in [0, 0.1) is 6.92 Å². The van der Waals surface area contributed by atoms with E-state index in [1.807, 2.05) is 19.1 Å². The Hall–Kier alpha value is -1.87. The number of rotatable bonds is 2. The summed E-state index contributed by atoms with van der Waals surface area (Å²) in [5.74, 6) is -0.958. The molecule has 0 fully saturated rings. The van der Waals surface area contributed by atoms with E-state index >= 15 is 0 Å². The van der Waals surface area contributed by atoms with Crippen LogP contribution >= 0.6 is 11.6 Å². The highest BCUT2D eigenvalue weighted by Gasteiger charge is 2.08. The second kappa shape index (κ2) is 4.55. The lowest BCUT2D eigenvalue weighted by atomic mass is 10.0. The standard InChI is InChI=1S/C13H10ClNO2/c1-8-6-10(14)2-3-11(8)12-7-9(13(16)17)4-5-15-12/h2-7H,1H3,(H,16,17). The summed E-state index contributed by atoms with van der Waals surface area (Å²) < 4.78 is 0. The molecule has 1 N–H and O–H groups in total. The number of aromatic carboxylic acids is 1. The average molecular weight is 248 g/mol. The van der Waals surface area contributed by atoms with E-state index in [4.69, 9.17) is 16.7 Å². The van der Waals surface area contributed by atoms with Crippen molar-refractivity contribution in [2.75, 3.05) is 0 Å². The van der Waals surface area contributed by atoms with Gasteiger partial charge in [0, 0.05) is 16.8 Å². The zero-order valence-corrected chi connectivity index (χ0v) is 9.90. The zero-order valence-electron chi connectivity index (χ0n) is 9.14. The molecule has 0 aliphatic rings. The molecule has 0 radical (unpaired) electrons. The molecule has 0 atom stereocenters. The lowest BCUT2D eigenvalue weighted by Gasteiger charge is -2.06. The molecule has 0 aliphatic carbocycles. The van der Waals surface area contributed by atoms with Crippen molar-refractivity contribution < 1.29 is 9.90 Å². The molecule has 86 valence electrons. The van der Waals surface area contributed by atoms with Crippen molar-refractivity contribution >= 4 is 17.6 Å². The molecule has 0 saturated carbocycles. The van der Waals surface area contributed by atoms with Crippen LogP contribution in [0.15, 0.2) is 36.5 Å². The van der Waals surface area contributed by atoms with Gasteiger partial charge in [0.15, 0.2) is 0 Å². The minimum absolute atomic E-state index is 0.226. The number of pyridine rings is 1. The number of nitrogens with zero attached hydrogens (tertiary/aromatic N) is 1. The second-order valence-corrected chi connectivity index (χ2v) is 4.13. The Labute approximate surface area is 104 Å². The molecule has 17 heavy (non-hydrogen) atoms. The first kappa shape index (κ1) is 11.6. The van der Waals surface area contributed by atoms with Crippen molar-refractivity contribution in [3.8, 4) is 11.3 Å². The van der Waals surface area contributed by atoms with Gasteiger partial charge in [0.2, 0.25) is 0 Å². The van der Waals surface area contributed by atoms with E-state index in [0.29, 0.717) is 10.7 Å². The number of carboxylic acid groups (broad SMARTS) is 1. The summed E-state index contributed by atoms with van der Waals surface area (Å²) in [4.78, 5) is 15.1. The van der Waals surface area contributed by atoms with Crippen LogP contribution in [0.1, 0.15) is 15.9 Å². The third kappa shape index (κ3) is 2.45. The van der Waals surface area contributed by atoms with Gasteiger partial charge in [0.25, 0.3) is 0 Å². The summed E-state index contributed by atoms with van der Waals surface area (Å²) in [6.07, 6.45) is 1.49. The average Bonchev–Trinajstić information content (AvgIpc) is 2.29. The van der Waals surface area contributed by atoms with Crippen LogP contribution < -0.4 is 0 Å². The van der Waals surface area contributed by atoms with Crippen molar-refractivity contribution in [2.24, 2.45) is 0 Å². The SMILES string of the molecule is Cc1cc(Cl)ccc1-c1cc(C(=O)O)ccn1. The normalized spacial score (nSPS) is 10.2. The first-order valence-electron chi connectivity index (χ1n) is 5.04. The van der Waals surface area contributed by atoms with Gasteiger partial charge in [-0.1, -0.05) is 17.7 Å². The topological polar surface area (TPSA) is 50.2 Å². The molecule has 2 aromatic rings. The van der Waals surface area contributed by atoms with E-state index in [1.54, 1.807) is 12.1 Å². The number of hydrogen-bond acceptors (Lipinski definition) is 2. The molecule has 4 heteroatoms. The van der Waals surface area contributed by atoms with Crippen molar-refractivity contribution in [1.82, 2.24) is 4.98 Å². The first-order chi connectivity index (χ1) is 8.08. The zero-order chi connectivity index (χ0) is 12.4. The van der Waals surface area contributed by atoms with Crippen molar-refractivity contribution in [3.63, 3.8) is 0 Å². The Morgan fingerprint density at radius 2 is 2.06 bits per heavy atom.